The van der Waals surface area contributed by atoms with Crippen molar-refractivity contribution in [3.8, 4) is 0 Å². The maximum atomic E-state index is 12.4. The molecule has 1 aromatic rings. The topological polar surface area (TPSA) is 50.4 Å². The van der Waals surface area contributed by atoms with Crippen LogP contribution in [0.5, 0.6) is 0 Å². The number of hydrogen-bond acceptors (Lipinski definition) is 2. The van der Waals surface area contributed by atoms with Gasteiger partial charge in [0.25, 0.3) is 0 Å². The Bertz CT molecular complexity index is 321. The first-order valence-corrected chi connectivity index (χ1v) is 3.93. The molecular weight excluding hydrogens is 189 g/mol. The molecule has 0 heterocycles. The highest BCUT2D eigenvalue weighted by Crippen LogP contribution is 1.99. The van der Waals surface area contributed by atoms with Crippen LogP contribution in [-0.4, -0.2) is 11.3 Å². The van der Waals surface area contributed by atoms with Crippen LogP contribution in [0.25, 0.3) is 0 Å². The van der Waals surface area contributed by atoms with E-state index in [0.717, 1.165) is 5.56 Å². The van der Waals surface area contributed by atoms with Crippen molar-refractivity contribution in [3.05, 3.63) is 35.6 Å². The molecule has 0 amide bonds. The molecule has 0 unspecified atom stereocenters. The van der Waals surface area contributed by atoms with E-state index in [1.165, 1.54) is 18.3 Å². The van der Waals surface area contributed by atoms with Crippen LogP contribution in [-0.2, 0) is 0 Å². The predicted molar refractivity (Wildman–Crippen MR) is 53.9 cm³/mol. The minimum Gasteiger partial charge on any atom is -0.299 e. The van der Waals surface area contributed by atoms with E-state index >= 15 is 0 Å². The molecule has 0 bridgehead atoms. The summed E-state index contributed by atoms with van der Waals surface area (Å²) in [6, 6.07) is 5.89. The van der Waals surface area contributed by atoms with Gasteiger partial charge in [0.15, 0.2) is 0 Å². The molecule has 0 fully saturated rings. The number of hydrazine groups is 1. The Morgan fingerprint density at radius 3 is 2.62 bits per heavy atom. The molecule has 0 saturated heterocycles. The molecule has 0 aliphatic rings. The van der Waals surface area contributed by atoms with Gasteiger partial charge in [-0.15, -0.1) is 0 Å². The monoisotopic (exact) mass is 197 g/mol. The molecule has 0 saturated carbocycles. The summed E-state index contributed by atoms with van der Waals surface area (Å²) >= 11 is 4.67. The van der Waals surface area contributed by atoms with E-state index in [4.69, 9.17) is 5.84 Å². The van der Waals surface area contributed by atoms with E-state index in [2.05, 4.69) is 22.6 Å². The zero-order valence-corrected chi connectivity index (χ0v) is 7.51. The Labute approximate surface area is 80.4 Å². The van der Waals surface area contributed by atoms with Crippen molar-refractivity contribution >= 4 is 23.5 Å². The van der Waals surface area contributed by atoms with Gasteiger partial charge in [-0.3, -0.25) is 5.43 Å². The summed E-state index contributed by atoms with van der Waals surface area (Å²) in [5.74, 6) is 4.71. The maximum absolute atomic E-state index is 12.4. The van der Waals surface area contributed by atoms with Crippen molar-refractivity contribution < 1.29 is 4.39 Å². The molecule has 0 radical (unpaired) electrons. The summed E-state index contributed by atoms with van der Waals surface area (Å²) in [4.78, 5) is 3.79. The third kappa shape index (κ3) is 3.27. The standard InChI is InChI=1S/C8H8FN3S/c9-7-3-1-6(2-4-7)5-11-8(13)12-10/h1-5H,10H2,(H,12,13)/b11-5+. The Kier molecular flexibility index (Phi) is 3.48. The molecule has 3 N–H and O–H groups in total. The highest BCUT2D eigenvalue weighted by Gasteiger charge is 1.90. The lowest BCUT2D eigenvalue weighted by Crippen LogP contribution is -2.26. The molecule has 1 aromatic carbocycles. The number of nitrogens with one attached hydrogen (secondary N) is 1. The minimum atomic E-state index is -0.281. The lowest BCUT2D eigenvalue weighted by molar-refractivity contribution is 0.628. The molecule has 1 rings (SSSR count). The number of nitrogens with zero attached hydrogens (tertiary/aromatic N) is 1. The molecule has 0 aliphatic carbocycles. The van der Waals surface area contributed by atoms with Crippen LogP contribution in [0.2, 0.25) is 0 Å². The number of hydrogen-bond donors (Lipinski definition) is 2. The third-order valence-electron chi connectivity index (χ3n) is 1.32. The SMILES string of the molecule is NNC(=S)/N=C/c1ccc(F)cc1. The molecular formula is C8H8FN3S. The predicted octanol–water partition coefficient (Wildman–Crippen LogP) is 0.993. The van der Waals surface area contributed by atoms with Gasteiger partial charge in [0.1, 0.15) is 5.82 Å². The van der Waals surface area contributed by atoms with Crippen LogP contribution in [0.15, 0.2) is 29.3 Å². The highest BCUT2D eigenvalue weighted by molar-refractivity contribution is 7.80. The van der Waals surface area contributed by atoms with E-state index in [1.807, 2.05) is 0 Å². The average molecular weight is 197 g/mol. The summed E-state index contributed by atoms with van der Waals surface area (Å²) in [5.41, 5.74) is 2.97. The molecule has 3 nitrogen and oxygen atoms in total. The van der Waals surface area contributed by atoms with Crippen molar-refractivity contribution in [2.24, 2.45) is 10.8 Å². The van der Waals surface area contributed by atoms with Gasteiger partial charge >= 0.3 is 0 Å². The van der Waals surface area contributed by atoms with Gasteiger partial charge in [0, 0.05) is 6.21 Å². The lowest BCUT2D eigenvalue weighted by Gasteiger charge is -1.94. The van der Waals surface area contributed by atoms with Crippen molar-refractivity contribution in [1.29, 1.82) is 0 Å². The summed E-state index contributed by atoms with van der Waals surface area (Å²) in [5, 5.41) is 0.185. The maximum Gasteiger partial charge on any atom is 0.207 e. The second-order valence-corrected chi connectivity index (χ2v) is 2.65. The molecule has 0 aromatic heterocycles. The van der Waals surface area contributed by atoms with Crippen LogP contribution in [0, 0.1) is 5.82 Å². The number of benzene rings is 1. The van der Waals surface area contributed by atoms with Crippen LogP contribution in [0.3, 0.4) is 0 Å². The van der Waals surface area contributed by atoms with Crippen LogP contribution in [0.1, 0.15) is 5.56 Å². The van der Waals surface area contributed by atoms with Gasteiger partial charge in [-0.05, 0) is 29.9 Å². The van der Waals surface area contributed by atoms with Crippen molar-refractivity contribution in [2.45, 2.75) is 0 Å². The van der Waals surface area contributed by atoms with Crippen LogP contribution in [0.4, 0.5) is 4.39 Å². The minimum absolute atomic E-state index is 0.185. The molecule has 5 heteroatoms. The molecule has 0 atom stereocenters. The molecule has 0 spiro atoms. The lowest BCUT2D eigenvalue weighted by atomic mass is 10.2. The second kappa shape index (κ2) is 4.64. The van der Waals surface area contributed by atoms with E-state index in [1.54, 1.807) is 12.1 Å². The fourth-order valence-electron chi connectivity index (χ4n) is 0.719. The Morgan fingerprint density at radius 1 is 1.46 bits per heavy atom. The normalized spacial score (nSPS) is 10.3. The number of halogens is 1. The van der Waals surface area contributed by atoms with Gasteiger partial charge in [-0.2, -0.15) is 0 Å². The largest absolute Gasteiger partial charge is 0.299 e. The van der Waals surface area contributed by atoms with Crippen molar-refractivity contribution in [1.82, 2.24) is 5.43 Å². The first kappa shape index (κ1) is 9.76. The van der Waals surface area contributed by atoms with E-state index in [9.17, 15) is 4.39 Å². The van der Waals surface area contributed by atoms with Crippen LogP contribution >= 0.6 is 12.2 Å². The number of thiocarbonyl (C=S) groups is 1. The second-order valence-electron chi connectivity index (χ2n) is 2.26. The number of nitrogens with two attached hydrogens (primary N) is 1. The van der Waals surface area contributed by atoms with Gasteiger partial charge < -0.3 is 0 Å². The molecule has 0 aliphatic heterocycles. The average Bonchev–Trinajstić information content (AvgIpc) is 2.16. The van der Waals surface area contributed by atoms with E-state index < -0.39 is 0 Å². The quantitative estimate of drug-likeness (QED) is 0.305. The summed E-state index contributed by atoms with van der Waals surface area (Å²) in [6.07, 6.45) is 1.50. The van der Waals surface area contributed by atoms with Gasteiger partial charge in [-0.1, -0.05) is 12.1 Å². The first-order valence-electron chi connectivity index (χ1n) is 3.52. The molecule has 68 valence electrons. The fraction of sp³-hybridized carbons (Fsp3) is 0. The Hall–Kier alpha value is -1.33. The summed E-state index contributed by atoms with van der Waals surface area (Å²) < 4.78 is 12.4. The van der Waals surface area contributed by atoms with Gasteiger partial charge in [-0.25, -0.2) is 15.2 Å². The Balaban J connectivity index is 2.69. The zero-order chi connectivity index (χ0) is 9.68. The fourth-order valence-corrected chi connectivity index (χ4v) is 0.772. The summed E-state index contributed by atoms with van der Waals surface area (Å²) in [6.45, 7) is 0. The van der Waals surface area contributed by atoms with Crippen LogP contribution < -0.4 is 11.3 Å². The highest BCUT2D eigenvalue weighted by atomic mass is 32.1. The number of aliphatic imine (C=N–C) groups is 1. The van der Waals surface area contributed by atoms with Crippen molar-refractivity contribution in [3.63, 3.8) is 0 Å². The smallest absolute Gasteiger partial charge is 0.207 e. The zero-order valence-electron chi connectivity index (χ0n) is 6.70. The van der Waals surface area contributed by atoms with Gasteiger partial charge in [0.05, 0.1) is 0 Å². The summed E-state index contributed by atoms with van der Waals surface area (Å²) in [7, 11) is 0. The first-order chi connectivity index (χ1) is 6.22. The van der Waals surface area contributed by atoms with E-state index in [-0.39, 0.29) is 10.9 Å². The van der Waals surface area contributed by atoms with E-state index in [0.29, 0.717) is 0 Å². The van der Waals surface area contributed by atoms with Crippen molar-refractivity contribution in [2.75, 3.05) is 0 Å². The third-order valence-corrected chi connectivity index (χ3v) is 1.55. The number of rotatable bonds is 1. The Morgan fingerprint density at radius 2 is 2.08 bits per heavy atom. The van der Waals surface area contributed by atoms with Gasteiger partial charge in [0.2, 0.25) is 5.11 Å². The molecule has 13 heavy (non-hydrogen) atoms.